The van der Waals surface area contributed by atoms with Gasteiger partial charge in [0.25, 0.3) is 5.56 Å². The summed E-state index contributed by atoms with van der Waals surface area (Å²) in [4.78, 5) is 33.1. The van der Waals surface area contributed by atoms with Crippen molar-refractivity contribution in [1.29, 1.82) is 0 Å². The minimum Gasteiger partial charge on any atom is -0.497 e. The summed E-state index contributed by atoms with van der Waals surface area (Å²) in [7, 11) is 3.31. The zero-order valence-corrected chi connectivity index (χ0v) is 18.2. The van der Waals surface area contributed by atoms with Crippen molar-refractivity contribution in [2.45, 2.75) is 25.9 Å². The number of aromatic nitrogens is 4. The molecule has 0 spiro atoms. The second-order valence-electron chi connectivity index (χ2n) is 7.98. The molecule has 2 aromatic carbocycles. The molecule has 3 heterocycles. The van der Waals surface area contributed by atoms with Gasteiger partial charge in [0.05, 0.1) is 7.11 Å². The maximum Gasteiger partial charge on any atom is 0.332 e. The van der Waals surface area contributed by atoms with E-state index < -0.39 is 0 Å². The van der Waals surface area contributed by atoms with E-state index in [9.17, 15) is 9.59 Å². The number of benzene rings is 2. The fraction of sp³-hybridized carbons (Fsp3) is 0.292. The average molecular weight is 431 g/mol. The van der Waals surface area contributed by atoms with E-state index >= 15 is 0 Å². The number of methoxy groups -OCH3 is 1. The monoisotopic (exact) mass is 431 g/mol. The Morgan fingerprint density at radius 1 is 1.03 bits per heavy atom. The van der Waals surface area contributed by atoms with Crippen LogP contribution in [0.15, 0.2) is 64.2 Å². The van der Waals surface area contributed by atoms with Gasteiger partial charge in [-0.25, -0.2) is 4.79 Å². The predicted octanol–water partition coefficient (Wildman–Crippen LogP) is 2.69. The third kappa shape index (κ3) is 3.28. The van der Waals surface area contributed by atoms with E-state index in [0.717, 1.165) is 17.9 Å². The molecule has 1 aliphatic heterocycles. The van der Waals surface area contributed by atoms with Gasteiger partial charge < -0.3 is 14.2 Å². The van der Waals surface area contributed by atoms with Gasteiger partial charge in [0.2, 0.25) is 5.95 Å². The normalized spacial score (nSPS) is 13.0. The van der Waals surface area contributed by atoms with Crippen LogP contribution < -0.4 is 20.9 Å². The van der Waals surface area contributed by atoms with Gasteiger partial charge in [-0.05, 0) is 30.5 Å². The van der Waals surface area contributed by atoms with E-state index in [1.54, 1.807) is 14.2 Å². The first-order valence-corrected chi connectivity index (χ1v) is 10.7. The molecule has 0 amide bonds. The zero-order chi connectivity index (χ0) is 22.2. The molecule has 0 N–H and O–H groups in total. The van der Waals surface area contributed by atoms with Crippen molar-refractivity contribution in [2.24, 2.45) is 7.05 Å². The lowest BCUT2D eigenvalue weighted by Gasteiger charge is -2.16. The standard InChI is InChI=1S/C24H25N5O3/c1-26-21-20(22(30)29(24(26)31)13-7-10-17-8-4-3-5-9-17)28-15-14-27(23(28)25-21)18-11-6-12-19(16-18)32-2/h3-6,8-9,11-12,16H,7,10,13-15H2,1-2H3. The van der Waals surface area contributed by atoms with Gasteiger partial charge >= 0.3 is 5.69 Å². The summed E-state index contributed by atoms with van der Waals surface area (Å²) in [6.45, 7) is 1.69. The number of nitrogens with zero attached hydrogens (tertiary/aromatic N) is 5. The van der Waals surface area contributed by atoms with Crippen LogP contribution in [0.2, 0.25) is 0 Å². The van der Waals surface area contributed by atoms with E-state index in [1.807, 2.05) is 51.9 Å². The Labute approximate surface area is 184 Å². The molecule has 5 rings (SSSR count). The van der Waals surface area contributed by atoms with Crippen LogP contribution in [0.1, 0.15) is 12.0 Å². The summed E-state index contributed by atoms with van der Waals surface area (Å²) >= 11 is 0. The third-order valence-electron chi connectivity index (χ3n) is 6.06. The average Bonchev–Trinajstić information content (AvgIpc) is 3.40. The molecular weight excluding hydrogens is 406 g/mol. The third-order valence-corrected chi connectivity index (χ3v) is 6.06. The van der Waals surface area contributed by atoms with Gasteiger partial charge in [0.15, 0.2) is 11.2 Å². The Hall–Kier alpha value is -3.81. The number of anilines is 2. The fourth-order valence-corrected chi connectivity index (χ4v) is 4.38. The van der Waals surface area contributed by atoms with Crippen LogP contribution in [0, 0.1) is 0 Å². The SMILES string of the molecule is COc1cccc(N2CCn3c2nc2c3c(=O)n(CCCc3ccccc3)c(=O)n2C)c1. The number of ether oxygens (including phenoxy) is 1. The van der Waals surface area contributed by atoms with E-state index in [1.165, 1.54) is 14.7 Å². The van der Waals surface area contributed by atoms with Gasteiger partial charge in [-0.1, -0.05) is 36.4 Å². The van der Waals surface area contributed by atoms with E-state index in [2.05, 4.69) is 12.1 Å². The van der Waals surface area contributed by atoms with Crippen LogP contribution >= 0.6 is 0 Å². The van der Waals surface area contributed by atoms with E-state index in [-0.39, 0.29) is 11.2 Å². The molecule has 164 valence electrons. The van der Waals surface area contributed by atoms with E-state index in [0.29, 0.717) is 43.2 Å². The van der Waals surface area contributed by atoms with Crippen molar-refractivity contribution in [1.82, 2.24) is 18.7 Å². The Bertz CT molecular complexity index is 1400. The molecule has 0 unspecified atom stereocenters. The number of imidazole rings is 1. The number of aryl methyl sites for hydroxylation is 2. The molecule has 0 saturated carbocycles. The summed E-state index contributed by atoms with van der Waals surface area (Å²) in [5, 5.41) is 0. The Kier molecular flexibility index (Phi) is 5.05. The minimum atomic E-state index is -0.333. The molecule has 8 heteroatoms. The first kappa shape index (κ1) is 20.1. The highest BCUT2D eigenvalue weighted by atomic mass is 16.5. The first-order valence-electron chi connectivity index (χ1n) is 10.7. The maximum absolute atomic E-state index is 13.4. The molecule has 4 aromatic rings. The number of hydrogen-bond acceptors (Lipinski definition) is 5. The highest BCUT2D eigenvalue weighted by molar-refractivity contribution is 5.78. The molecule has 0 saturated heterocycles. The quantitative estimate of drug-likeness (QED) is 0.469. The summed E-state index contributed by atoms with van der Waals surface area (Å²) in [6.07, 6.45) is 1.52. The van der Waals surface area contributed by atoms with Crippen LogP contribution in [0.4, 0.5) is 11.6 Å². The smallest absolute Gasteiger partial charge is 0.332 e. The second-order valence-corrected chi connectivity index (χ2v) is 7.98. The Morgan fingerprint density at radius 3 is 2.62 bits per heavy atom. The first-order chi connectivity index (χ1) is 15.6. The lowest BCUT2D eigenvalue weighted by atomic mass is 10.1. The largest absolute Gasteiger partial charge is 0.497 e. The highest BCUT2D eigenvalue weighted by Gasteiger charge is 2.28. The lowest BCUT2D eigenvalue weighted by Crippen LogP contribution is -2.39. The molecule has 0 fully saturated rings. The Balaban J connectivity index is 1.52. The van der Waals surface area contributed by atoms with Crippen molar-refractivity contribution < 1.29 is 4.74 Å². The van der Waals surface area contributed by atoms with Crippen molar-refractivity contribution in [3.05, 3.63) is 81.0 Å². The van der Waals surface area contributed by atoms with Crippen molar-refractivity contribution in [3.63, 3.8) is 0 Å². The van der Waals surface area contributed by atoms with Crippen LogP contribution in [0.5, 0.6) is 5.75 Å². The summed E-state index contributed by atoms with van der Waals surface area (Å²) < 4.78 is 10.1. The summed E-state index contributed by atoms with van der Waals surface area (Å²) in [6, 6.07) is 17.8. The molecule has 0 aliphatic carbocycles. The Morgan fingerprint density at radius 2 is 1.84 bits per heavy atom. The molecule has 8 nitrogen and oxygen atoms in total. The van der Waals surface area contributed by atoms with Gasteiger partial charge in [-0.3, -0.25) is 13.9 Å². The molecular formula is C24H25N5O3. The topological polar surface area (TPSA) is 74.3 Å². The van der Waals surface area contributed by atoms with Crippen molar-refractivity contribution in [3.8, 4) is 5.75 Å². The minimum absolute atomic E-state index is 0.276. The lowest BCUT2D eigenvalue weighted by molar-refractivity contribution is 0.415. The van der Waals surface area contributed by atoms with Crippen LogP contribution in [-0.4, -0.2) is 32.3 Å². The highest BCUT2D eigenvalue weighted by Crippen LogP contribution is 2.33. The molecule has 0 bridgehead atoms. The maximum atomic E-state index is 13.4. The summed E-state index contributed by atoms with van der Waals surface area (Å²) in [5.41, 5.74) is 2.42. The van der Waals surface area contributed by atoms with Gasteiger partial charge in [0, 0.05) is 38.4 Å². The number of rotatable bonds is 6. The number of hydrogen-bond donors (Lipinski definition) is 0. The molecule has 0 radical (unpaired) electrons. The molecule has 1 aliphatic rings. The fourth-order valence-electron chi connectivity index (χ4n) is 4.38. The van der Waals surface area contributed by atoms with Crippen LogP contribution in [0.25, 0.3) is 11.2 Å². The molecule has 2 aromatic heterocycles. The van der Waals surface area contributed by atoms with Crippen molar-refractivity contribution in [2.75, 3.05) is 18.6 Å². The molecule has 0 atom stereocenters. The molecule has 32 heavy (non-hydrogen) atoms. The van der Waals surface area contributed by atoms with Crippen LogP contribution in [-0.2, 0) is 26.6 Å². The van der Waals surface area contributed by atoms with Gasteiger partial charge in [-0.15, -0.1) is 0 Å². The van der Waals surface area contributed by atoms with E-state index in [4.69, 9.17) is 9.72 Å². The second kappa shape index (κ2) is 8.03. The van der Waals surface area contributed by atoms with Gasteiger partial charge in [-0.2, -0.15) is 4.98 Å². The predicted molar refractivity (Wildman–Crippen MR) is 124 cm³/mol. The van der Waals surface area contributed by atoms with Crippen LogP contribution in [0.3, 0.4) is 0 Å². The zero-order valence-electron chi connectivity index (χ0n) is 18.2. The van der Waals surface area contributed by atoms with Gasteiger partial charge in [0.1, 0.15) is 5.75 Å². The van der Waals surface area contributed by atoms with Crippen molar-refractivity contribution >= 4 is 22.8 Å². The number of fused-ring (bicyclic) bond motifs is 3. The summed E-state index contributed by atoms with van der Waals surface area (Å²) in [5.74, 6) is 1.42.